The lowest BCUT2D eigenvalue weighted by Crippen LogP contribution is -2.52. The van der Waals surface area contributed by atoms with Crippen molar-refractivity contribution in [1.82, 2.24) is 10.2 Å². The maximum absolute atomic E-state index is 13.9. The predicted octanol–water partition coefficient (Wildman–Crippen LogP) is 5.24. The van der Waals surface area contributed by atoms with Gasteiger partial charge in [-0.3, -0.25) is 13.9 Å². The summed E-state index contributed by atoms with van der Waals surface area (Å²) in [6.07, 6.45) is 0.338. The molecule has 0 aliphatic rings. The highest BCUT2D eigenvalue weighted by atomic mass is 79.9. The first-order chi connectivity index (χ1) is 17.7. The van der Waals surface area contributed by atoms with Crippen LogP contribution in [-0.2, 0) is 26.2 Å². The molecule has 0 spiro atoms. The largest absolute Gasteiger partial charge is 0.355 e. The molecule has 3 aromatic carbocycles. The summed E-state index contributed by atoms with van der Waals surface area (Å²) in [4.78, 5) is 28.3. The van der Waals surface area contributed by atoms with Gasteiger partial charge < -0.3 is 10.2 Å². The third-order valence-corrected chi connectivity index (χ3v) is 8.39. The molecule has 3 aromatic rings. The zero-order valence-corrected chi connectivity index (χ0v) is 23.8. The van der Waals surface area contributed by atoms with Crippen LogP contribution in [0.2, 0.25) is 5.02 Å². The summed E-state index contributed by atoms with van der Waals surface area (Å²) in [7, 11) is -4.10. The Kier molecular flexibility index (Phi) is 10.1. The van der Waals surface area contributed by atoms with Crippen LogP contribution in [0, 0.1) is 0 Å². The lowest BCUT2D eigenvalue weighted by Gasteiger charge is -2.33. The van der Waals surface area contributed by atoms with Crippen molar-refractivity contribution < 1.29 is 18.0 Å². The van der Waals surface area contributed by atoms with E-state index in [1.54, 1.807) is 80.6 Å². The summed E-state index contributed by atoms with van der Waals surface area (Å²) in [6.45, 7) is 3.54. The van der Waals surface area contributed by atoms with Crippen molar-refractivity contribution in [3.8, 4) is 0 Å². The molecule has 10 heteroatoms. The van der Waals surface area contributed by atoms with Gasteiger partial charge in [-0.05, 0) is 55.3 Å². The van der Waals surface area contributed by atoms with E-state index in [0.717, 1.165) is 4.31 Å². The summed E-state index contributed by atoms with van der Waals surface area (Å²) >= 11 is 9.77. The Morgan fingerprint density at radius 3 is 2.27 bits per heavy atom. The van der Waals surface area contributed by atoms with Gasteiger partial charge in [-0.2, -0.15) is 0 Å². The molecule has 0 heterocycles. The Bertz CT molecular complexity index is 1340. The van der Waals surface area contributed by atoms with Gasteiger partial charge in [0, 0.05) is 22.6 Å². The van der Waals surface area contributed by atoms with Crippen molar-refractivity contribution >= 4 is 55.1 Å². The number of carbonyl (C=O) groups is 2. The van der Waals surface area contributed by atoms with Gasteiger partial charge in [0.1, 0.15) is 12.6 Å². The minimum Gasteiger partial charge on any atom is -0.355 e. The number of nitrogens with zero attached hydrogens (tertiary/aromatic N) is 2. The Balaban J connectivity index is 2.06. The molecule has 3 rings (SSSR count). The molecule has 0 saturated carbocycles. The van der Waals surface area contributed by atoms with E-state index in [1.165, 1.54) is 17.0 Å². The number of rotatable bonds is 11. The monoisotopic (exact) mass is 605 g/mol. The molecule has 0 aromatic heterocycles. The van der Waals surface area contributed by atoms with E-state index in [0.29, 0.717) is 33.7 Å². The molecule has 2 amide bonds. The van der Waals surface area contributed by atoms with Crippen molar-refractivity contribution in [1.29, 1.82) is 0 Å². The Hall–Kier alpha value is -2.88. The third kappa shape index (κ3) is 7.12. The Morgan fingerprint density at radius 1 is 0.973 bits per heavy atom. The molecular formula is C27H29BrClN3O4S. The number of likely N-dealkylation sites (N-methyl/N-ethyl adjacent to an activating group) is 1. The lowest BCUT2D eigenvalue weighted by molar-refractivity contribution is -0.140. The summed E-state index contributed by atoms with van der Waals surface area (Å²) in [5.74, 6) is -0.845. The molecule has 7 nitrogen and oxygen atoms in total. The molecule has 0 aliphatic carbocycles. The van der Waals surface area contributed by atoms with Crippen LogP contribution < -0.4 is 9.62 Å². The second kappa shape index (κ2) is 13.1. The number of hydrogen-bond donors (Lipinski definition) is 1. The van der Waals surface area contributed by atoms with Crippen LogP contribution in [-0.4, -0.2) is 44.3 Å². The molecular weight excluding hydrogens is 578 g/mol. The molecule has 37 heavy (non-hydrogen) atoms. The highest BCUT2D eigenvalue weighted by Gasteiger charge is 2.33. The average Bonchev–Trinajstić information content (AvgIpc) is 2.88. The van der Waals surface area contributed by atoms with E-state index >= 15 is 0 Å². The minimum atomic E-state index is -4.10. The Morgan fingerprint density at radius 2 is 1.65 bits per heavy atom. The number of amides is 2. The second-order valence-electron chi connectivity index (χ2n) is 8.24. The SMILES string of the molecule is CCNC(=O)[C@@H](CC)N(Cc1ccccc1Cl)C(=O)CN(c1cccc(Br)c1)S(=O)(=O)c1ccccc1. The fourth-order valence-corrected chi connectivity index (χ4v) is 5.91. The van der Waals surface area contributed by atoms with Gasteiger partial charge in [-0.1, -0.05) is 76.9 Å². The number of sulfonamides is 1. The van der Waals surface area contributed by atoms with Crippen molar-refractivity contribution in [3.63, 3.8) is 0 Å². The first kappa shape index (κ1) is 28.7. The zero-order valence-electron chi connectivity index (χ0n) is 20.6. The van der Waals surface area contributed by atoms with E-state index < -0.39 is 28.5 Å². The van der Waals surface area contributed by atoms with E-state index in [-0.39, 0.29) is 17.3 Å². The Labute approximate surface area is 231 Å². The summed E-state index contributed by atoms with van der Waals surface area (Å²) in [6, 6.07) is 20.9. The molecule has 0 bridgehead atoms. The molecule has 196 valence electrons. The normalized spacial score (nSPS) is 12.0. The van der Waals surface area contributed by atoms with Crippen LogP contribution in [0.4, 0.5) is 5.69 Å². The van der Waals surface area contributed by atoms with Crippen LogP contribution in [0.1, 0.15) is 25.8 Å². The minimum absolute atomic E-state index is 0.0475. The van der Waals surface area contributed by atoms with E-state index in [1.807, 2.05) is 0 Å². The summed E-state index contributed by atoms with van der Waals surface area (Å²) in [5.41, 5.74) is 0.968. The van der Waals surface area contributed by atoms with Crippen molar-refractivity contribution in [2.75, 3.05) is 17.4 Å². The number of carbonyl (C=O) groups excluding carboxylic acids is 2. The van der Waals surface area contributed by atoms with Gasteiger partial charge in [-0.25, -0.2) is 8.42 Å². The topological polar surface area (TPSA) is 86.8 Å². The number of nitrogens with one attached hydrogen (secondary N) is 1. The number of halogens is 2. The molecule has 0 radical (unpaired) electrons. The third-order valence-electron chi connectivity index (χ3n) is 5.74. The average molecular weight is 607 g/mol. The van der Waals surface area contributed by atoms with Gasteiger partial charge in [0.05, 0.1) is 10.6 Å². The fraction of sp³-hybridized carbons (Fsp3) is 0.259. The molecule has 0 saturated heterocycles. The van der Waals surface area contributed by atoms with Crippen molar-refractivity contribution in [3.05, 3.63) is 93.9 Å². The van der Waals surface area contributed by atoms with Gasteiger partial charge in [-0.15, -0.1) is 0 Å². The van der Waals surface area contributed by atoms with Gasteiger partial charge in [0.25, 0.3) is 10.0 Å². The smallest absolute Gasteiger partial charge is 0.264 e. The molecule has 0 fully saturated rings. The summed E-state index contributed by atoms with van der Waals surface area (Å²) < 4.78 is 29.2. The standard InChI is InChI=1S/C27H29BrClN3O4S/c1-3-25(27(34)30-4-2)31(18-20-11-8-9-16-24(20)29)26(33)19-32(22-13-10-12-21(28)17-22)37(35,36)23-14-6-5-7-15-23/h5-17,25H,3-4,18-19H2,1-2H3,(H,30,34)/t25-/m1/s1. The summed E-state index contributed by atoms with van der Waals surface area (Å²) in [5, 5.41) is 3.23. The lowest BCUT2D eigenvalue weighted by atomic mass is 10.1. The molecule has 1 atom stereocenters. The first-order valence-corrected chi connectivity index (χ1v) is 14.4. The van der Waals surface area contributed by atoms with E-state index in [4.69, 9.17) is 11.6 Å². The van der Waals surface area contributed by atoms with Gasteiger partial charge >= 0.3 is 0 Å². The van der Waals surface area contributed by atoms with Crippen LogP contribution in [0.5, 0.6) is 0 Å². The van der Waals surface area contributed by atoms with Crippen molar-refractivity contribution in [2.24, 2.45) is 0 Å². The fourth-order valence-electron chi connectivity index (χ4n) is 3.90. The highest BCUT2D eigenvalue weighted by Crippen LogP contribution is 2.27. The highest BCUT2D eigenvalue weighted by molar-refractivity contribution is 9.10. The number of anilines is 1. The quantitative estimate of drug-likeness (QED) is 0.323. The van der Waals surface area contributed by atoms with Crippen LogP contribution >= 0.6 is 27.5 Å². The predicted molar refractivity (Wildman–Crippen MR) is 150 cm³/mol. The van der Waals surface area contributed by atoms with Crippen molar-refractivity contribution in [2.45, 2.75) is 37.8 Å². The maximum atomic E-state index is 13.9. The molecule has 1 N–H and O–H groups in total. The van der Waals surface area contributed by atoms with Gasteiger partial charge in [0.15, 0.2) is 0 Å². The van der Waals surface area contributed by atoms with Crippen LogP contribution in [0.25, 0.3) is 0 Å². The van der Waals surface area contributed by atoms with E-state index in [2.05, 4.69) is 21.2 Å². The number of hydrogen-bond acceptors (Lipinski definition) is 4. The number of benzene rings is 3. The van der Waals surface area contributed by atoms with E-state index in [9.17, 15) is 18.0 Å². The molecule has 0 aliphatic heterocycles. The first-order valence-electron chi connectivity index (χ1n) is 11.8. The zero-order chi connectivity index (χ0) is 27.0. The van der Waals surface area contributed by atoms with Crippen LogP contribution in [0.3, 0.4) is 0 Å². The van der Waals surface area contributed by atoms with Crippen LogP contribution in [0.15, 0.2) is 88.2 Å². The maximum Gasteiger partial charge on any atom is 0.264 e. The van der Waals surface area contributed by atoms with Gasteiger partial charge in [0.2, 0.25) is 11.8 Å². The second-order valence-corrected chi connectivity index (χ2v) is 11.4. The molecule has 0 unspecified atom stereocenters.